The van der Waals surface area contributed by atoms with Crippen molar-refractivity contribution in [2.75, 3.05) is 11.4 Å². The molecule has 1 heterocycles. The van der Waals surface area contributed by atoms with Crippen molar-refractivity contribution < 1.29 is 9.90 Å². The van der Waals surface area contributed by atoms with E-state index in [0.29, 0.717) is 19.5 Å². The topological polar surface area (TPSA) is 52.6 Å². The van der Waals surface area contributed by atoms with Crippen LogP contribution in [0.2, 0.25) is 0 Å². The van der Waals surface area contributed by atoms with Crippen molar-refractivity contribution in [2.24, 2.45) is 0 Å². The van der Waals surface area contributed by atoms with E-state index in [1.165, 1.54) is 0 Å². The molecule has 0 saturated heterocycles. The summed E-state index contributed by atoms with van der Waals surface area (Å²) in [4.78, 5) is 14.1. The first-order chi connectivity index (χ1) is 8.59. The van der Waals surface area contributed by atoms with Crippen molar-refractivity contribution in [3.63, 3.8) is 0 Å². The van der Waals surface area contributed by atoms with Crippen molar-refractivity contribution in [3.05, 3.63) is 29.8 Å². The van der Waals surface area contributed by atoms with E-state index in [1.54, 1.807) is 11.8 Å². The van der Waals surface area contributed by atoms with E-state index in [1.807, 2.05) is 31.2 Å². The Morgan fingerprint density at radius 1 is 1.50 bits per heavy atom. The van der Waals surface area contributed by atoms with Gasteiger partial charge >= 0.3 is 0 Å². The lowest BCUT2D eigenvalue weighted by atomic mass is 10.1. The van der Waals surface area contributed by atoms with Gasteiger partial charge < -0.3 is 15.3 Å². The normalized spacial score (nSPS) is 21.4. The molecule has 2 unspecified atom stereocenters. The number of carbonyl (C=O) groups is 1. The highest BCUT2D eigenvalue weighted by Crippen LogP contribution is 2.24. The van der Waals surface area contributed by atoms with Crippen LogP contribution in [0.3, 0.4) is 0 Å². The predicted octanol–water partition coefficient (Wildman–Crippen LogP) is 1.28. The van der Waals surface area contributed by atoms with Gasteiger partial charge in [-0.3, -0.25) is 4.79 Å². The fourth-order valence-corrected chi connectivity index (χ4v) is 2.17. The van der Waals surface area contributed by atoms with Crippen LogP contribution in [-0.2, 0) is 11.3 Å². The van der Waals surface area contributed by atoms with Gasteiger partial charge in [0, 0.05) is 18.8 Å². The van der Waals surface area contributed by atoms with Crippen LogP contribution in [0.4, 0.5) is 5.69 Å². The number of rotatable bonds is 3. The van der Waals surface area contributed by atoms with Crippen molar-refractivity contribution in [2.45, 2.75) is 39.0 Å². The molecular formula is C14H20N2O2. The largest absolute Gasteiger partial charge is 0.393 e. The van der Waals surface area contributed by atoms with E-state index in [2.05, 4.69) is 5.32 Å². The van der Waals surface area contributed by atoms with E-state index in [0.717, 1.165) is 11.3 Å². The lowest BCUT2D eigenvalue weighted by Gasteiger charge is -2.25. The van der Waals surface area contributed by atoms with Gasteiger partial charge in [0.25, 0.3) is 0 Å². The molecule has 0 fully saturated rings. The second kappa shape index (κ2) is 5.50. The van der Waals surface area contributed by atoms with E-state index in [9.17, 15) is 9.90 Å². The Bertz CT molecular complexity index is 432. The fraction of sp³-hybridized carbons (Fsp3) is 0.500. The lowest BCUT2D eigenvalue weighted by molar-refractivity contribution is -0.120. The van der Waals surface area contributed by atoms with Gasteiger partial charge in [0.1, 0.15) is 0 Å². The lowest BCUT2D eigenvalue weighted by Crippen LogP contribution is -2.43. The molecule has 2 atom stereocenters. The molecule has 0 radical (unpaired) electrons. The summed E-state index contributed by atoms with van der Waals surface area (Å²) in [6, 6.07) is 7.73. The van der Waals surface area contributed by atoms with Crippen molar-refractivity contribution in [1.29, 1.82) is 0 Å². The fourth-order valence-electron chi connectivity index (χ4n) is 2.17. The summed E-state index contributed by atoms with van der Waals surface area (Å²) in [5, 5.41) is 12.6. The molecule has 4 nitrogen and oxygen atoms in total. The maximum atomic E-state index is 12.3. The first-order valence-electron chi connectivity index (χ1n) is 6.40. The minimum Gasteiger partial charge on any atom is -0.393 e. The summed E-state index contributed by atoms with van der Waals surface area (Å²) in [6.07, 6.45) is 0.198. The summed E-state index contributed by atoms with van der Waals surface area (Å²) in [5.74, 6) is 0.0700. The van der Waals surface area contributed by atoms with E-state index < -0.39 is 6.10 Å². The number of hydrogen-bond donors (Lipinski definition) is 2. The van der Waals surface area contributed by atoms with E-state index in [4.69, 9.17) is 0 Å². The smallest absolute Gasteiger partial charge is 0.243 e. The number of aliphatic hydroxyl groups excluding tert-OH is 1. The molecular weight excluding hydrogens is 228 g/mol. The van der Waals surface area contributed by atoms with Crippen LogP contribution in [0.1, 0.15) is 25.8 Å². The zero-order valence-corrected chi connectivity index (χ0v) is 10.9. The van der Waals surface area contributed by atoms with Crippen molar-refractivity contribution in [1.82, 2.24) is 5.32 Å². The zero-order chi connectivity index (χ0) is 13.1. The number of aliphatic hydroxyl groups is 1. The van der Waals surface area contributed by atoms with Crippen molar-refractivity contribution in [3.8, 4) is 0 Å². The molecule has 1 aliphatic heterocycles. The number of benzene rings is 1. The first-order valence-corrected chi connectivity index (χ1v) is 6.40. The van der Waals surface area contributed by atoms with Crippen LogP contribution in [0.15, 0.2) is 24.3 Å². The van der Waals surface area contributed by atoms with Gasteiger partial charge in [0.2, 0.25) is 5.91 Å². The Hall–Kier alpha value is -1.39. The summed E-state index contributed by atoms with van der Waals surface area (Å²) >= 11 is 0. The second-order valence-corrected chi connectivity index (χ2v) is 4.86. The zero-order valence-electron chi connectivity index (χ0n) is 10.9. The van der Waals surface area contributed by atoms with Gasteiger partial charge in [-0.05, 0) is 31.9 Å². The molecule has 4 heteroatoms. The predicted molar refractivity (Wildman–Crippen MR) is 71.4 cm³/mol. The summed E-state index contributed by atoms with van der Waals surface area (Å²) in [6.45, 7) is 4.88. The number of amides is 1. The van der Waals surface area contributed by atoms with Crippen LogP contribution >= 0.6 is 0 Å². The minimum absolute atomic E-state index is 0.0700. The number of nitrogens with zero attached hydrogens (tertiary/aromatic N) is 1. The molecule has 1 amide bonds. The van der Waals surface area contributed by atoms with E-state index in [-0.39, 0.29) is 11.9 Å². The standard InChI is InChI=1S/C14H20N2O2/c1-10(17)7-8-16-13-6-4-3-5-12(13)9-15-11(2)14(16)18/h3-6,10-11,15,17H,7-9H2,1-2H3. The van der Waals surface area contributed by atoms with Gasteiger partial charge in [0.05, 0.1) is 12.1 Å². The van der Waals surface area contributed by atoms with Gasteiger partial charge in [-0.25, -0.2) is 0 Å². The molecule has 98 valence electrons. The highest BCUT2D eigenvalue weighted by molar-refractivity contribution is 5.98. The Labute approximate surface area is 108 Å². The number of nitrogens with one attached hydrogen (secondary N) is 1. The molecule has 0 aromatic heterocycles. The molecule has 2 N–H and O–H groups in total. The van der Waals surface area contributed by atoms with Gasteiger partial charge in [-0.2, -0.15) is 0 Å². The Morgan fingerprint density at radius 3 is 2.94 bits per heavy atom. The molecule has 0 saturated carbocycles. The van der Waals surface area contributed by atoms with Crippen LogP contribution < -0.4 is 10.2 Å². The second-order valence-electron chi connectivity index (χ2n) is 4.86. The number of anilines is 1. The number of para-hydroxylation sites is 1. The Morgan fingerprint density at radius 2 is 2.22 bits per heavy atom. The highest BCUT2D eigenvalue weighted by Gasteiger charge is 2.26. The van der Waals surface area contributed by atoms with Gasteiger partial charge in [-0.1, -0.05) is 18.2 Å². The van der Waals surface area contributed by atoms with Gasteiger partial charge in [0.15, 0.2) is 0 Å². The summed E-state index contributed by atoms with van der Waals surface area (Å²) in [5.41, 5.74) is 2.08. The van der Waals surface area contributed by atoms with Crippen LogP contribution in [0.5, 0.6) is 0 Å². The Kier molecular flexibility index (Phi) is 3.99. The SMILES string of the molecule is CC(O)CCN1C(=O)C(C)NCc2ccccc21. The molecule has 1 aromatic rings. The molecule has 1 aliphatic rings. The number of hydrogen-bond acceptors (Lipinski definition) is 3. The van der Waals surface area contributed by atoms with Crippen LogP contribution in [-0.4, -0.2) is 29.7 Å². The molecule has 0 spiro atoms. The average molecular weight is 248 g/mol. The summed E-state index contributed by atoms with van der Waals surface area (Å²) < 4.78 is 0. The van der Waals surface area contributed by atoms with Crippen LogP contribution in [0, 0.1) is 0 Å². The van der Waals surface area contributed by atoms with Crippen LogP contribution in [0.25, 0.3) is 0 Å². The first kappa shape index (κ1) is 13.1. The highest BCUT2D eigenvalue weighted by atomic mass is 16.3. The molecule has 0 bridgehead atoms. The third-order valence-corrected chi connectivity index (χ3v) is 3.29. The van der Waals surface area contributed by atoms with Crippen molar-refractivity contribution >= 4 is 11.6 Å². The van der Waals surface area contributed by atoms with E-state index >= 15 is 0 Å². The minimum atomic E-state index is -0.392. The van der Waals surface area contributed by atoms with Gasteiger partial charge in [-0.15, -0.1) is 0 Å². The monoisotopic (exact) mass is 248 g/mol. The maximum absolute atomic E-state index is 12.3. The quantitative estimate of drug-likeness (QED) is 0.847. The maximum Gasteiger partial charge on any atom is 0.243 e. The average Bonchev–Trinajstić information content (AvgIpc) is 2.47. The number of carbonyl (C=O) groups excluding carboxylic acids is 1. The number of fused-ring (bicyclic) bond motifs is 1. The third kappa shape index (κ3) is 2.71. The molecule has 2 rings (SSSR count). The summed E-state index contributed by atoms with van der Waals surface area (Å²) in [7, 11) is 0. The molecule has 0 aliphatic carbocycles. The molecule has 18 heavy (non-hydrogen) atoms. The molecule has 1 aromatic carbocycles. The third-order valence-electron chi connectivity index (χ3n) is 3.29. The Balaban J connectivity index is 2.29.